The van der Waals surface area contributed by atoms with Crippen molar-refractivity contribution in [1.82, 2.24) is 4.90 Å². The van der Waals surface area contributed by atoms with Crippen molar-refractivity contribution in [1.29, 1.82) is 0 Å². The number of likely N-dealkylation sites (tertiary alicyclic amines) is 1. The zero-order chi connectivity index (χ0) is 21.9. The largest absolute Gasteiger partial charge is 0.573 e. The molecule has 30 heavy (non-hydrogen) atoms. The maximum Gasteiger partial charge on any atom is 0.573 e. The molecule has 9 heteroatoms. The number of benzene rings is 2. The molecule has 0 bridgehead atoms. The Morgan fingerprint density at radius 2 is 1.87 bits per heavy atom. The lowest BCUT2D eigenvalue weighted by atomic mass is 9.78. The van der Waals surface area contributed by atoms with E-state index in [1.165, 1.54) is 36.0 Å². The number of carbonyl (C=O) groups excluding carboxylic acids is 1. The van der Waals surface area contributed by atoms with Crippen LogP contribution in [0.25, 0.3) is 0 Å². The normalized spacial score (nSPS) is 22.5. The average molecular weight is 440 g/mol. The molecule has 0 radical (unpaired) electrons. The lowest BCUT2D eigenvalue weighted by Gasteiger charge is -2.40. The number of para-hydroxylation sites is 1. The molecule has 0 saturated carbocycles. The summed E-state index contributed by atoms with van der Waals surface area (Å²) < 4.78 is 41.2. The fourth-order valence-electron chi connectivity index (χ4n) is 3.71. The van der Waals surface area contributed by atoms with Gasteiger partial charge in [-0.05, 0) is 49.6 Å². The molecule has 0 spiro atoms. The first kappa shape index (κ1) is 22.5. The van der Waals surface area contributed by atoms with Gasteiger partial charge in [0.15, 0.2) is 0 Å². The van der Waals surface area contributed by atoms with Crippen molar-refractivity contribution in [2.45, 2.75) is 29.8 Å². The van der Waals surface area contributed by atoms with E-state index >= 15 is 0 Å². The number of aliphatic hydroxyl groups is 1. The van der Waals surface area contributed by atoms with Crippen LogP contribution in [0.3, 0.4) is 0 Å². The molecule has 5 nitrogen and oxygen atoms in total. The molecule has 1 amide bonds. The summed E-state index contributed by atoms with van der Waals surface area (Å²) in [5, 5.41) is 13.6. The van der Waals surface area contributed by atoms with E-state index in [-0.39, 0.29) is 17.6 Å². The Hall–Kier alpha value is -2.23. The predicted octanol–water partition coefficient (Wildman–Crippen LogP) is 4.30. The number of anilines is 1. The molecule has 1 fully saturated rings. The first-order valence-electron chi connectivity index (χ1n) is 9.37. The van der Waals surface area contributed by atoms with Gasteiger partial charge in [-0.1, -0.05) is 24.3 Å². The van der Waals surface area contributed by atoms with Crippen LogP contribution in [0.5, 0.6) is 5.75 Å². The quantitative estimate of drug-likeness (QED) is 0.679. The van der Waals surface area contributed by atoms with Crippen LogP contribution in [0.1, 0.15) is 17.9 Å². The van der Waals surface area contributed by atoms with Crippen LogP contribution < -0.4 is 10.1 Å². The summed E-state index contributed by atoms with van der Waals surface area (Å²) in [6, 6.07) is 12.9. The number of halogens is 3. The van der Waals surface area contributed by atoms with Crippen LogP contribution in [0.15, 0.2) is 53.4 Å². The van der Waals surface area contributed by atoms with Crippen molar-refractivity contribution in [3.05, 3.63) is 54.1 Å². The van der Waals surface area contributed by atoms with E-state index in [0.29, 0.717) is 24.2 Å². The fourth-order valence-corrected chi connectivity index (χ4v) is 4.26. The Morgan fingerprint density at radius 3 is 2.50 bits per heavy atom. The average Bonchev–Trinajstić information content (AvgIpc) is 2.69. The van der Waals surface area contributed by atoms with Gasteiger partial charge in [0.25, 0.3) is 0 Å². The zero-order valence-corrected chi connectivity index (χ0v) is 17.3. The van der Waals surface area contributed by atoms with Gasteiger partial charge in [-0.25, -0.2) is 0 Å². The van der Waals surface area contributed by atoms with Gasteiger partial charge in [-0.15, -0.1) is 24.9 Å². The summed E-state index contributed by atoms with van der Waals surface area (Å²) in [5.41, 5.74) is 1.33. The summed E-state index contributed by atoms with van der Waals surface area (Å²) in [5.74, 6) is -1.79. The van der Waals surface area contributed by atoms with Gasteiger partial charge in [0, 0.05) is 17.4 Å². The molecule has 2 aromatic rings. The SMILES string of the molecule is CSc1ccccc1NC(=O)[C@H]1C(O)N(C)CC[C@@H]1c1ccc(OC(F)(F)F)cc1. The number of thioether (sulfide) groups is 1. The summed E-state index contributed by atoms with van der Waals surface area (Å²) in [6.45, 7) is 0.553. The van der Waals surface area contributed by atoms with E-state index < -0.39 is 18.5 Å². The van der Waals surface area contributed by atoms with Gasteiger partial charge < -0.3 is 15.2 Å². The topological polar surface area (TPSA) is 61.8 Å². The second-order valence-electron chi connectivity index (χ2n) is 7.12. The van der Waals surface area contributed by atoms with E-state index in [2.05, 4.69) is 10.1 Å². The highest BCUT2D eigenvalue weighted by Gasteiger charge is 2.41. The van der Waals surface area contributed by atoms with Gasteiger partial charge in [0.1, 0.15) is 12.0 Å². The number of carbonyl (C=O) groups is 1. The Balaban J connectivity index is 1.84. The molecule has 162 valence electrons. The third-order valence-corrected chi connectivity index (χ3v) is 6.00. The van der Waals surface area contributed by atoms with E-state index in [1.54, 1.807) is 18.0 Å². The van der Waals surface area contributed by atoms with Gasteiger partial charge in [-0.3, -0.25) is 9.69 Å². The van der Waals surface area contributed by atoms with E-state index in [1.807, 2.05) is 24.5 Å². The maximum absolute atomic E-state index is 13.1. The number of nitrogens with zero attached hydrogens (tertiary/aromatic N) is 1. The van der Waals surface area contributed by atoms with E-state index in [4.69, 9.17) is 0 Å². The lowest BCUT2D eigenvalue weighted by molar-refractivity contribution is -0.274. The number of aliphatic hydroxyl groups excluding tert-OH is 1. The van der Waals surface area contributed by atoms with Crippen LogP contribution in [-0.2, 0) is 4.79 Å². The molecule has 1 aliphatic rings. The minimum atomic E-state index is -4.77. The van der Waals surface area contributed by atoms with E-state index in [9.17, 15) is 23.1 Å². The molecule has 3 rings (SSSR count). The van der Waals surface area contributed by atoms with Crippen molar-refractivity contribution in [3.8, 4) is 5.75 Å². The van der Waals surface area contributed by atoms with Gasteiger partial charge in [-0.2, -0.15) is 0 Å². The van der Waals surface area contributed by atoms with Crippen LogP contribution in [0.4, 0.5) is 18.9 Å². The Labute approximate surface area is 177 Å². The summed E-state index contributed by atoms with van der Waals surface area (Å²) >= 11 is 1.50. The molecule has 1 unspecified atom stereocenters. The van der Waals surface area contributed by atoms with Crippen LogP contribution in [0, 0.1) is 5.92 Å². The van der Waals surface area contributed by atoms with Crippen LogP contribution in [0.2, 0.25) is 0 Å². The van der Waals surface area contributed by atoms with Crippen molar-refractivity contribution < 1.29 is 27.8 Å². The van der Waals surface area contributed by atoms with Crippen LogP contribution in [-0.4, -0.2) is 48.4 Å². The Morgan fingerprint density at radius 1 is 1.20 bits per heavy atom. The molecular formula is C21H23F3N2O3S. The minimum absolute atomic E-state index is 0.324. The first-order valence-corrected chi connectivity index (χ1v) is 10.6. The number of piperidine rings is 1. The highest BCUT2D eigenvalue weighted by atomic mass is 32.2. The third kappa shape index (κ3) is 5.27. The molecule has 2 N–H and O–H groups in total. The van der Waals surface area contributed by atoms with Crippen molar-refractivity contribution in [2.24, 2.45) is 5.92 Å². The van der Waals surface area contributed by atoms with Crippen molar-refractivity contribution in [3.63, 3.8) is 0 Å². The lowest BCUT2D eigenvalue weighted by Crippen LogP contribution is -2.50. The number of rotatable bonds is 5. The van der Waals surface area contributed by atoms with Gasteiger partial charge >= 0.3 is 6.36 Å². The summed E-state index contributed by atoms with van der Waals surface area (Å²) in [4.78, 5) is 15.7. The standard InChI is InChI=1S/C21H23F3N2O3S/c1-26-12-11-15(13-7-9-14(10-8-13)29-21(22,23)24)18(20(26)28)19(27)25-16-5-3-4-6-17(16)30-2/h3-10,15,18,20,28H,11-12H2,1-2H3,(H,25,27)/t15-,18+,20?/m1/s1. The molecule has 3 atom stereocenters. The molecule has 1 saturated heterocycles. The Kier molecular flexibility index (Phi) is 6.95. The monoisotopic (exact) mass is 440 g/mol. The van der Waals surface area contributed by atoms with Crippen LogP contribution >= 0.6 is 11.8 Å². The highest BCUT2D eigenvalue weighted by molar-refractivity contribution is 7.98. The molecule has 1 heterocycles. The summed E-state index contributed by atoms with van der Waals surface area (Å²) in [6.07, 6.45) is -3.30. The molecular weight excluding hydrogens is 417 g/mol. The van der Waals surface area contributed by atoms with Crippen molar-refractivity contribution in [2.75, 3.05) is 25.2 Å². The van der Waals surface area contributed by atoms with Crippen molar-refractivity contribution >= 4 is 23.4 Å². The summed E-state index contributed by atoms with van der Waals surface area (Å²) in [7, 11) is 1.73. The number of ether oxygens (including phenoxy) is 1. The molecule has 2 aromatic carbocycles. The predicted molar refractivity (Wildman–Crippen MR) is 109 cm³/mol. The number of nitrogens with one attached hydrogen (secondary N) is 1. The smallest absolute Gasteiger partial charge is 0.406 e. The maximum atomic E-state index is 13.1. The number of alkyl halides is 3. The van der Waals surface area contributed by atoms with Gasteiger partial charge in [0.05, 0.1) is 11.6 Å². The minimum Gasteiger partial charge on any atom is -0.406 e. The highest BCUT2D eigenvalue weighted by Crippen LogP contribution is 2.38. The third-order valence-electron chi connectivity index (χ3n) is 5.21. The Bertz CT molecular complexity index is 877. The van der Waals surface area contributed by atoms with Gasteiger partial charge in [0.2, 0.25) is 5.91 Å². The molecule has 0 aromatic heterocycles. The molecule has 0 aliphatic carbocycles. The van der Waals surface area contributed by atoms with E-state index in [0.717, 1.165) is 4.90 Å². The number of amides is 1. The second-order valence-corrected chi connectivity index (χ2v) is 7.97. The fraction of sp³-hybridized carbons (Fsp3) is 0.381. The number of hydrogen-bond donors (Lipinski definition) is 2. The zero-order valence-electron chi connectivity index (χ0n) is 16.5. The molecule has 1 aliphatic heterocycles. The second kappa shape index (κ2) is 9.28. The number of hydrogen-bond acceptors (Lipinski definition) is 5. The first-order chi connectivity index (χ1) is 14.2.